The molecule has 0 saturated carbocycles. The predicted octanol–water partition coefficient (Wildman–Crippen LogP) is 2.48. The highest BCUT2D eigenvalue weighted by Crippen LogP contribution is 2.31. The standard InChI is InChI=1S/C7H5Cl2NO4S/c1-4-2-7(15(9,13)14)6(10(11)12)3-5(4)8/h2-3H,1H3. The van der Waals surface area contributed by atoms with Crippen LogP contribution in [0, 0.1) is 17.0 Å². The molecule has 0 bridgehead atoms. The smallest absolute Gasteiger partial charge is 0.258 e. The van der Waals surface area contributed by atoms with Crippen LogP contribution in [0.1, 0.15) is 5.56 Å². The van der Waals surface area contributed by atoms with E-state index in [1.54, 1.807) is 0 Å². The van der Waals surface area contributed by atoms with Gasteiger partial charge in [-0.3, -0.25) is 10.1 Å². The van der Waals surface area contributed by atoms with Crippen molar-refractivity contribution in [2.75, 3.05) is 0 Å². The molecule has 0 aliphatic rings. The molecule has 0 saturated heterocycles. The summed E-state index contributed by atoms with van der Waals surface area (Å²) in [7, 11) is 0.911. The first-order valence-electron chi connectivity index (χ1n) is 3.62. The van der Waals surface area contributed by atoms with Crippen LogP contribution in [0.3, 0.4) is 0 Å². The van der Waals surface area contributed by atoms with Crippen LogP contribution < -0.4 is 0 Å². The zero-order chi connectivity index (χ0) is 11.8. The van der Waals surface area contributed by atoms with Crippen molar-refractivity contribution >= 4 is 37.0 Å². The van der Waals surface area contributed by atoms with Gasteiger partial charge in [0.05, 0.1) is 9.95 Å². The Morgan fingerprint density at radius 2 is 1.93 bits per heavy atom. The van der Waals surface area contributed by atoms with E-state index in [4.69, 9.17) is 22.3 Å². The summed E-state index contributed by atoms with van der Waals surface area (Å²) < 4.78 is 22.1. The van der Waals surface area contributed by atoms with Gasteiger partial charge in [0.2, 0.25) is 0 Å². The number of nitrogens with zero attached hydrogens (tertiary/aromatic N) is 1. The van der Waals surface area contributed by atoms with Gasteiger partial charge < -0.3 is 0 Å². The van der Waals surface area contributed by atoms with Crippen LogP contribution >= 0.6 is 22.3 Å². The van der Waals surface area contributed by atoms with Crippen molar-refractivity contribution in [1.29, 1.82) is 0 Å². The van der Waals surface area contributed by atoms with Gasteiger partial charge in [-0.05, 0) is 18.6 Å². The summed E-state index contributed by atoms with van der Waals surface area (Å²) in [6.07, 6.45) is 0. The molecule has 0 radical (unpaired) electrons. The van der Waals surface area contributed by atoms with Crippen LogP contribution in [0.15, 0.2) is 17.0 Å². The number of hydrogen-bond acceptors (Lipinski definition) is 4. The number of halogens is 2. The van der Waals surface area contributed by atoms with E-state index in [1.165, 1.54) is 6.92 Å². The van der Waals surface area contributed by atoms with Crippen molar-refractivity contribution in [2.45, 2.75) is 11.8 Å². The molecule has 0 fully saturated rings. The molecule has 15 heavy (non-hydrogen) atoms. The maximum absolute atomic E-state index is 11.0. The molecule has 0 spiro atoms. The lowest BCUT2D eigenvalue weighted by Gasteiger charge is -2.02. The first-order chi connectivity index (χ1) is 6.73. The topological polar surface area (TPSA) is 77.3 Å². The third-order valence-electron chi connectivity index (χ3n) is 1.70. The predicted molar refractivity (Wildman–Crippen MR) is 55.9 cm³/mol. The zero-order valence-electron chi connectivity index (χ0n) is 7.40. The first-order valence-corrected chi connectivity index (χ1v) is 6.31. The second-order valence-corrected chi connectivity index (χ2v) is 5.71. The number of nitro benzene ring substituents is 1. The van der Waals surface area contributed by atoms with E-state index in [0.717, 1.165) is 12.1 Å². The molecular formula is C7H5Cl2NO4S. The number of benzene rings is 1. The minimum Gasteiger partial charge on any atom is -0.258 e. The van der Waals surface area contributed by atoms with Crippen LogP contribution in [0.25, 0.3) is 0 Å². The molecule has 0 N–H and O–H groups in total. The van der Waals surface area contributed by atoms with Gasteiger partial charge in [0.25, 0.3) is 14.7 Å². The Balaban J connectivity index is 3.64. The summed E-state index contributed by atoms with van der Waals surface area (Å²) in [5.41, 5.74) is -0.220. The highest BCUT2D eigenvalue weighted by Gasteiger charge is 2.25. The van der Waals surface area contributed by atoms with Crippen molar-refractivity contribution in [3.8, 4) is 0 Å². The molecule has 8 heteroatoms. The van der Waals surface area contributed by atoms with Gasteiger partial charge in [0.15, 0.2) is 4.90 Å². The summed E-state index contributed by atoms with van der Waals surface area (Å²) in [5, 5.41) is 10.7. The Kier molecular flexibility index (Phi) is 3.22. The molecule has 5 nitrogen and oxygen atoms in total. The van der Waals surface area contributed by atoms with Crippen molar-refractivity contribution in [3.05, 3.63) is 32.8 Å². The normalized spacial score (nSPS) is 11.4. The van der Waals surface area contributed by atoms with Gasteiger partial charge in [-0.1, -0.05) is 11.6 Å². The Labute approximate surface area is 95.2 Å². The highest BCUT2D eigenvalue weighted by molar-refractivity contribution is 8.13. The minimum atomic E-state index is -4.15. The highest BCUT2D eigenvalue weighted by atomic mass is 35.7. The summed E-state index contributed by atoms with van der Waals surface area (Å²) in [6, 6.07) is 2.04. The third-order valence-corrected chi connectivity index (χ3v) is 3.46. The number of hydrogen-bond donors (Lipinski definition) is 0. The van der Waals surface area contributed by atoms with Gasteiger partial charge in [-0.15, -0.1) is 0 Å². The van der Waals surface area contributed by atoms with Gasteiger partial charge in [0.1, 0.15) is 0 Å². The quantitative estimate of drug-likeness (QED) is 0.470. The van der Waals surface area contributed by atoms with E-state index in [0.29, 0.717) is 5.56 Å². The summed E-state index contributed by atoms with van der Waals surface area (Å²) in [5.74, 6) is 0. The van der Waals surface area contributed by atoms with E-state index in [9.17, 15) is 18.5 Å². The van der Waals surface area contributed by atoms with Crippen LogP contribution in [-0.2, 0) is 9.05 Å². The molecule has 82 valence electrons. The SMILES string of the molecule is Cc1cc(S(=O)(=O)Cl)c([N+](=O)[O-])cc1Cl. The van der Waals surface area contributed by atoms with Crippen molar-refractivity contribution in [2.24, 2.45) is 0 Å². The van der Waals surface area contributed by atoms with E-state index in [-0.39, 0.29) is 5.02 Å². The number of rotatable bonds is 2. The maximum Gasteiger partial charge on any atom is 0.290 e. The van der Waals surface area contributed by atoms with Crippen molar-refractivity contribution in [1.82, 2.24) is 0 Å². The van der Waals surface area contributed by atoms with E-state index in [2.05, 4.69) is 0 Å². The molecule has 0 heterocycles. The van der Waals surface area contributed by atoms with Gasteiger partial charge in [-0.25, -0.2) is 8.42 Å². The average molecular weight is 270 g/mol. The van der Waals surface area contributed by atoms with Gasteiger partial charge >= 0.3 is 0 Å². The summed E-state index contributed by atoms with van der Waals surface area (Å²) >= 11 is 5.64. The molecule has 0 unspecified atom stereocenters. The van der Waals surface area contributed by atoms with Gasteiger partial charge in [0, 0.05) is 16.7 Å². The monoisotopic (exact) mass is 269 g/mol. The largest absolute Gasteiger partial charge is 0.290 e. The Morgan fingerprint density at radius 1 is 1.40 bits per heavy atom. The third kappa shape index (κ3) is 2.58. The second kappa shape index (κ2) is 3.96. The van der Waals surface area contributed by atoms with Crippen molar-refractivity contribution < 1.29 is 13.3 Å². The lowest BCUT2D eigenvalue weighted by molar-refractivity contribution is -0.387. The molecule has 0 atom stereocenters. The lowest BCUT2D eigenvalue weighted by Crippen LogP contribution is -1.99. The molecule has 1 rings (SSSR count). The van der Waals surface area contributed by atoms with Gasteiger partial charge in [-0.2, -0.15) is 0 Å². The zero-order valence-corrected chi connectivity index (χ0v) is 9.73. The first kappa shape index (κ1) is 12.2. The molecule has 0 amide bonds. The van der Waals surface area contributed by atoms with E-state index >= 15 is 0 Å². The minimum absolute atomic E-state index is 0.116. The molecule has 0 aliphatic heterocycles. The Hall–Kier alpha value is -0.850. The fourth-order valence-electron chi connectivity index (χ4n) is 0.982. The van der Waals surface area contributed by atoms with E-state index in [1.807, 2.05) is 0 Å². The van der Waals surface area contributed by atoms with Crippen LogP contribution in [0.2, 0.25) is 5.02 Å². The lowest BCUT2D eigenvalue weighted by atomic mass is 10.2. The number of aryl methyl sites for hydroxylation is 1. The molecule has 0 aliphatic carbocycles. The average Bonchev–Trinajstić information content (AvgIpc) is 2.06. The second-order valence-electron chi connectivity index (χ2n) is 2.76. The fourth-order valence-corrected chi connectivity index (χ4v) is 2.21. The molecule has 0 aromatic heterocycles. The van der Waals surface area contributed by atoms with Crippen LogP contribution in [0.4, 0.5) is 5.69 Å². The number of nitro groups is 1. The van der Waals surface area contributed by atoms with E-state index < -0.39 is 24.6 Å². The summed E-state index contributed by atoms with van der Waals surface area (Å²) in [6.45, 7) is 1.53. The summed E-state index contributed by atoms with van der Waals surface area (Å²) in [4.78, 5) is 9.16. The van der Waals surface area contributed by atoms with Crippen molar-refractivity contribution in [3.63, 3.8) is 0 Å². The Morgan fingerprint density at radius 3 is 2.33 bits per heavy atom. The fraction of sp³-hybridized carbons (Fsp3) is 0.143. The van der Waals surface area contributed by atoms with Crippen LogP contribution in [-0.4, -0.2) is 13.3 Å². The maximum atomic E-state index is 11.0. The molecule has 1 aromatic rings. The molecule has 1 aromatic carbocycles. The van der Waals surface area contributed by atoms with Crippen LogP contribution in [0.5, 0.6) is 0 Å². The Bertz CT molecular complexity index is 526. The molecular weight excluding hydrogens is 265 g/mol.